The first-order valence-electron chi connectivity index (χ1n) is 14.0. The van der Waals surface area contributed by atoms with Gasteiger partial charge in [-0.05, 0) is 109 Å². The zero-order valence-corrected chi connectivity index (χ0v) is 21.7. The Labute approximate surface area is 220 Å². The molecule has 37 heavy (non-hydrogen) atoms. The van der Waals surface area contributed by atoms with E-state index in [1.165, 1.54) is 53.6 Å². The summed E-state index contributed by atoms with van der Waals surface area (Å²) in [5.74, 6) is 1.08. The van der Waals surface area contributed by atoms with Crippen LogP contribution in [-0.2, 0) is 11.2 Å². The van der Waals surface area contributed by atoms with Crippen LogP contribution in [0.3, 0.4) is 0 Å². The molecule has 6 rings (SSSR count). The van der Waals surface area contributed by atoms with Gasteiger partial charge in [0, 0.05) is 24.7 Å². The van der Waals surface area contributed by atoms with Crippen molar-refractivity contribution in [3.05, 3.63) is 95.1 Å². The average Bonchev–Trinajstić information content (AvgIpc) is 3.25. The number of rotatable bonds is 5. The van der Waals surface area contributed by atoms with Crippen LogP contribution in [0.2, 0.25) is 0 Å². The number of benzene rings is 3. The van der Waals surface area contributed by atoms with Crippen molar-refractivity contribution in [3.8, 4) is 5.75 Å². The molecule has 4 nitrogen and oxygen atoms in total. The Bertz CT molecular complexity index is 1220. The van der Waals surface area contributed by atoms with Gasteiger partial charge in [0.25, 0.3) is 0 Å². The number of phenols is 1. The third kappa shape index (κ3) is 4.92. The van der Waals surface area contributed by atoms with Crippen molar-refractivity contribution in [1.82, 2.24) is 4.90 Å². The standard InChI is InChI=1S/C33H38N2O2/c36-22-21-34-18-4-15-33(16-19-34)17-20-35(24-33)28-10-7-26(8-11-28)32-30(25-5-2-1-3-6-25)13-9-27-23-29(37)12-14-31(27)32/h1-3,5-8,10-12,14,22-23,30,32,37H,4,9,13,15-21,24H2/t30-,32+,33?/m0/s1. The number of nitrogens with zero attached hydrogens (tertiary/aromatic N) is 2. The smallest absolute Gasteiger partial charge is 0.133 e. The second-order valence-electron chi connectivity index (χ2n) is 11.5. The van der Waals surface area contributed by atoms with Crippen molar-refractivity contribution in [2.24, 2.45) is 5.41 Å². The summed E-state index contributed by atoms with van der Waals surface area (Å²) in [6.07, 6.45) is 8.04. The molecule has 3 atom stereocenters. The van der Waals surface area contributed by atoms with Crippen molar-refractivity contribution in [2.45, 2.75) is 50.4 Å². The third-order valence-electron chi connectivity index (χ3n) is 9.34. The Morgan fingerprint density at radius 3 is 2.51 bits per heavy atom. The van der Waals surface area contributed by atoms with Gasteiger partial charge in [-0.1, -0.05) is 48.5 Å². The average molecular weight is 495 g/mol. The van der Waals surface area contributed by atoms with Crippen LogP contribution < -0.4 is 4.90 Å². The molecule has 0 radical (unpaired) electrons. The summed E-state index contributed by atoms with van der Waals surface area (Å²) < 4.78 is 0. The fourth-order valence-electron chi connectivity index (χ4n) is 7.33. The third-order valence-corrected chi connectivity index (χ3v) is 9.34. The lowest BCUT2D eigenvalue weighted by atomic mass is 9.69. The number of fused-ring (bicyclic) bond motifs is 1. The molecule has 2 heterocycles. The minimum Gasteiger partial charge on any atom is -0.508 e. The number of likely N-dealkylation sites (tertiary alicyclic amines) is 1. The Morgan fingerprint density at radius 1 is 0.892 bits per heavy atom. The van der Waals surface area contributed by atoms with Crippen LogP contribution in [0.5, 0.6) is 5.75 Å². The number of aryl methyl sites for hydroxylation is 1. The SMILES string of the molecule is O=CCN1CCCC2(CC1)CCN(c1ccc([C@H]3c4ccc(O)cc4CC[C@H]3c3ccccc3)cc1)C2. The number of anilines is 1. The summed E-state index contributed by atoms with van der Waals surface area (Å²) in [7, 11) is 0. The first-order valence-corrected chi connectivity index (χ1v) is 14.0. The van der Waals surface area contributed by atoms with Gasteiger partial charge in [0.15, 0.2) is 0 Å². The molecule has 3 aromatic rings. The molecule has 3 aromatic carbocycles. The molecule has 1 spiro atoms. The van der Waals surface area contributed by atoms with Gasteiger partial charge in [0.05, 0.1) is 6.54 Å². The first kappa shape index (κ1) is 24.2. The van der Waals surface area contributed by atoms with E-state index < -0.39 is 0 Å². The van der Waals surface area contributed by atoms with E-state index in [1.807, 2.05) is 12.1 Å². The van der Waals surface area contributed by atoms with E-state index in [0.717, 1.165) is 45.3 Å². The molecule has 0 amide bonds. The van der Waals surface area contributed by atoms with E-state index in [2.05, 4.69) is 70.5 Å². The first-order chi connectivity index (χ1) is 18.1. The lowest BCUT2D eigenvalue weighted by molar-refractivity contribution is -0.108. The topological polar surface area (TPSA) is 43.8 Å². The van der Waals surface area contributed by atoms with Gasteiger partial charge in [0.2, 0.25) is 0 Å². The Morgan fingerprint density at radius 2 is 1.70 bits per heavy atom. The quantitative estimate of drug-likeness (QED) is 0.433. The van der Waals surface area contributed by atoms with E-state index in [0.29, 0.717) is 23.6 Å². The van der Waals surface area contributed by atoms with E-state index in [-0.39, 0.29) is 5.92 Å². The second kappa shape index (κ2) is 10.3. The predicted octanol–water partition coefficient (Wildman–Crippen LogP) is 6.14. The van der Waals surface area contributed by atoms with E-state index in [9.17, 15) is 9.90 Å². The summed E-state index contributed by atoms with van der Waals surface area (Å²) in [6.45, 7) is 4.92. The van der Waals surface area contributed by atoms with Crippen molar-refractivity contribution in [1.29, 1.82) is 0 Å². The molecule has 1 aliphatic carbocycles. The maximum absolute atomic E-state index is 11.0. The largest absolute Gasteiger partial charge is 0.508 e. The summed E-state index contributed by atoms with van der Waals surface area (Å²) >= 11 is 0. The van der Waals surface area contributed by atoms with Crippen molar-refractivity contribution in [3.63, 3.8) is 0 Å². The highest BCUT2D eigenvalue weighted by atomic mass is 16.3. The van der Waals surface area contributed by atoms with Gasteiger partial charge in [-0.2, -0.15) is 0 Å². The number of phenolic OH excluding ortho intramolecular Hbond substituents is 1. The van der Waals surface area contributed by atoms with Crippen molar-refractivity contribution in [2.75, 3.05) is 37.6 Å². The lowest BCUT2D eigenvalue weighted by Crippen LogP contribution is -2.30. The van der Waals surface area contributed by atoms with Crippen LogP contribution in [0.4, 0.5) is 5.69 Å². The van der Waals surface area contributed by atoms with Crippen molar-refractivity contribution >= 4 is 12.0 Å². The predicted molar refractivity (Wildman–Crippen MR) is 150 cm³/mol. The highest BCUT2D eigenvalue weighted by Crippen LogP contribution is 2.48. The maximum atomic E-state index is 11.0. The summed E-state index contributed by atoms with van der Waals surface area (Å²) in [5.41, 5.74) is 7.10. The van der Waals surface area contributed by atoms with Gasteiger partial charge < -0.3 is 14.8 Å². The number of carbonyl (C=O) groups excluding carboxylic acids is 1. The molecule has 192 valence electrons. The molecule has 2 aliphatic heterocycles. The number of aldehydes is 1. The van der Waals surface area contributed by atoms with Gasteiger partial charge in [-0.15, -0.1) is 0 Å². The van der Waals surface area contributed by atoms with E-state index in [4.69, 9.17) is 0 Å². The van der Waals surface area contributed by atoms with Crippen LogP contribution in [0, 0.1) is 5.41 Å². The Kier molecular flexibility index (Phi) is 6.77. The number of carbonyl (C=O) groups is 1. The molecule has 0 aromatic heterocycles. The lowest BCUT2D eigenvalue weighted by Gasteiger charge is -2.35. The molecule has 4 heteroatoms. The zero-order chi connectivity index (χ0) is 25.2. The van der Waals surface area contributed by atoms with Gasteiger partial charge in [0.1, 0.15) is 12.0 Å². The van der Waals surface area contributed by atoms with E-state index in [1.54, 1.807) is 0 Å². The molecular weight excluding hydrogens is 456 g/mol. The minimum atomic E-state index is 0.288. The van der Waals surface area contributed by atoms with Crippen LogP contribution in [-0.4, -0.2) is 49.0 Å². The van der Waals surface area contributed by atoms with Crippen LogP contribution in [0.1, 0.15) is 66.2 Å². The minimum absolute atomic E-state index is 0.288. The molecule has 3 aliphatic rings. The Balaban J connectivity index is 1.24. The normalized spacial score (nSPS) is 26.1. The van der Waals surface area contributed by atoms with Crippen LogP contribution in [0.25, 0.3) is 0 Å². The van der Waals surface area contributed by atoms with Gasteiger partial charge in [-0.3, -0.25) is 4.90 Å². The monoisotopic (exact) mass is 494 g/mol. The summed E-state index contributed by atoms with van der Waals surface area (Å²) in [5, 5.41) is 10.1. The zero-order valence-electron chi connectivity index (χ0n) is 21.7. The molecule has 2 saturated heterocycles. The van der Waals surface area contributed by atoms with Gasteiger partial charge in [-0.25, -0.2) is 0 Å². The van der Waals surface area contributed by atoms with Gasteiger partial charge >= 0.3 is 0 Å². The number of hydrogen-bond donors (Lipinski definition) is 1. The second-order valence-corrected chi connectivity index (χ2v) is 11.5. The highest BCUT2D eigenvalue weighted by molar-refractivity contribution is 5.53. The molecular formula is C33H38N2O2. The van der Waals surface area contributed by atoms with Crippen molar-refractivity contribution < 1.29 is 9.90 Å². The Hall–Kier alpha value is -3.11. The van der Waals surface area contributed by atoms with E-state index >= 15 is 0 Å². The molecule has 0 saturated carbocycles. The number of hydrogen-bond acceptors (Lipinski definition) is 4. The maximum Gasteiger partial charge on any atom is 0.133 e. The fourth-order valence-corrected chi connectivity index (χ4v) is 7.33. The molecule has 1 N–H and O–H groups in total. The highest BCUT2D eigenvalue weighted by Gasteiger charge is 2.39. The number of aromatic hydroxyl groups is 1. The van der Waals surface area contributed by atoms with Crippen LogP contribution >= 0.6 is 0 Å². The molecule has 2 fully saturated rings. The fraction of sp³-hybridized carbons (Fsp3) is 0.424. The molecule has 0 bridgehead atoms. The summed E-state index contributed by atoms with van der Waals surface area (Å²) in [4.78, 5) is 15.9. The van der Waals surface area contributed by atoms with Crippen LogP contribution in [0.15, 0.2) is 72.8 Å². The summed E-state index contributed by atoms with van der Waals surface area (Å²) in [6, 6.07) is 26.2. The molecule has 1 unspecified atom stereocenters.